The van der Waals surface area contributed by atoms with Crippen molar-refractivity contribution in [1.82, 2.24) is 5.32 Å². The second-order valence-corrected chi connectivity index (χ2v) is 25.6. The normalized spacial score (nSPS) is 18.1. The lowest BCUT2D eigenvalue weighted by Crippen LogP contribution is -2.60. The van der Waals surface area contributed by atoms with E-state index in [-0.39, 0.29) is 18.5 Å². The Labute approximate surface area is 523 Å². The molecule has 0 bridgehead atoms. The fourth-order valence-corrected chi connectivity index (χ4v) is 11.7. The van der Waals surface area contributed by atoms with Crippen LogP contribution < -0.4 is 5.32 Å². The summed E-state index contributed by atoms with van der Waals surface area (Å²) in [5.74, 6) is -0.177. The number of aliphatic hydroxyl groups excluding tert-OH is 5. The highest BCUT2D eigenvalue weighted by atomic mass is 16.7. The van der Waals surface area contributed by atoms with Gasteiger partial charge in [-0.15, -0.1) is 0 Å². The number of nitrogens with one attached hydrogen (secondary N) is 1. The molecule has 0 saturated carbocycles. The van der Waals surface area contributed by atoms with Crippen molar-refractivity contribution >= 4 is 11.9 Å². The van der Waals surface area contributed by atoms with Crippen molar-refractivity contribution in [3.63, 3.8) is 0 Å². The smallest absolute Gasteiger partial charge is 0.305 e. The lowest BCUT2D eigenvalue weighted by atomic mass is 9.99. The molecule has 1 rings (SSSR count). The molecular weight excluding hydrogens is 1060 g/mol. The molecule has 0 radical (unpaired) electrons. The summed E-state index contributed by atoms with van der Waals surface area (Å²) >= 11 is 0. The SMILES string of the molecule is CCCCCCCCCC/C=C/CC/C=C/C(O)C(COC1OC(CO)C(O)C(O)C1O)NC(=O)CCCCCCCCCCCCCCCCCC/C=C\CCCCCCCCCCCCCCOC(=O)CCCCCCCCCCCCC. The van der Waals surface area contributed by atoms with Gasteiger partial charge < -0.3 is 45.1 Å². The number of esters is 1. The van der Waals surface area contributed by atoms with E-state index in [1.165, 1.54) is 283 Å². The Morgan fingerprint density at radius 2 is 0.765 bits per heavy atom. The topological polar surface area (TPSA) is 175 Å². The summed E-state index contributed by atoms with van der Waals surface area (Å²) in [5, 5.41) is 54.5. The van der Waals surface area contributed by atoms with E-state index in [9.17, 15) is 35.1 Å². The van der Waals surface area contributed by atoms with Crippen molar-refractivity contribution in [1.29, 1.82) is 0 Å². The largest absolute Gasteiger partial charge is 0.466 e. The molecule has 0 aliphatic carbocycles. The van der Waals surface area contributed by atoms with Crippen LogP contribution in [0, 0.1) is 0 Å². The van der Waals surface area contributed by atoms with E-state index in [4.69, 9.17) is 14.2 Å². The summed E-state index contributed by atoms with van der Waals surface area (Å²) in [6, 6.07) is -0.826. The third-order valence-electron chi connectivity index (χ3n) is 17.5. The third-order valence-corrected chi connectivity index (χ3v) is 17.5. The number of unbranched alkanes of at least 4 members (excludes halogenated alkanes) is 47. The molecule has 11 heteroatoms. The molecule has 0 aromatic carbocycles. The molecular formula is C74H139NO10. The van der Waals surface area contributed by atoms with Crippen LogP contribution in [0.25, 0.3) is 0 Å². The van der Waals surface area contributed by atoms with Crippen LogP contribution >= 0.6 is 0 Å². The zero-order valence-corrected chi connectivity index (χ0v) is 55.6. The highest BCUT2D eigenvalue weighted by molar-refractivity contribution is 5.76. The molecule has 6 N–H and O–H groups in total. The fourth-order valence-electron chi connectivity index (χ4n) is 11.7. The van der Waals surface area contributed by atoms with Gasteiger partial charge in [-0.1, -0.05) is 314 Å². The van der Waals surface area contributed by atoms with E-state index in [0.717, 1.165) is 51.4 Å². The third kappa shape index (κ3) is 52.4. The molecule has 1 saturated heterocycles. The van der Waals surface area contributed by atoms with Gasteiger partial charge in [0.15, 0.2) is 6.29 Å². The number of hydrogen-bond acceptors (Lipinski definition) is 10. The first-order valence-electron chi connectivity index (χ1n) is 36.8. The van der Waals surface area contributed by atoms with Gasteiger partial charge in [0.05, 0.1) is 32.0 Å². The number of carbonyl (C=O) groups excluding carboxylic acids is 2. The molecule has 85 heavy (non-hydrogen) atoms. The number of amides is 1. The first-order chi connectivity index (χ1) is 41.7. The quantitative estimate of drug-likeness (QED) is 0.0195. The Balaban J connectivity index is 1.97. The summed E-state index contributed by atoms with van der Waals surface area (Å²) < 4.78 is 16.7. The predicted octanol–water partition coefficient (Wildman–Crippen LogP) is 19.0. The van der Waals surface area contributed by atoms with E-state index in [2.05, 4.69) is 43.5 Å². The maximum Gasteiger partial charge on any atom is 0.305 e. The lowest BCUT2D eigenvalue weighted by Gasteiger charge is -2.40. The van der Waals surface area contributed by atoms with Crippen LogP contribution in [0.1, 0.15) is 361 Å². The molecule has 7 unspecified atom stereocenters. The van der Waals surface area contributed by atoms with E-state index in [1.54, 1.807) is 6.08 Å². The second kappa shape index (κ2) is 63.4. The number of allylic oxidation sites excluding steroid dienone is 5. The zero-order valence-electron chi connectivity index (χ0n) is 55.6. The molecule has 7 atom stereocenters. The van der Waals surface area contributed by atoms with Crippen molar-refractivity contribution in [2.75, 3.05) is 19.8 Å². The van der Waals surface area contributed by atoms with Crippen LogP contribution in [0.2, 0.25) is 0 Å². The van der Waals surface area contributed by atoms with E-state index in [0.29, 0.717) is 19.4 Å². The molecule has 0 aromatic heterocycles. The molecule has 500 valence electrons. The summed E-state index contributed by atoms with van der Waals surface area (Å²) in [6.07, 6.45) is 71.5. The average molecular weight is 1200 g/mol. The number of aliphatic hydroxyl groups is 5. The van der Waals surface area contributed by atoms with E-state index in [1.807, 2.05) is 6.08 Å². The number of carbonyl (C=O) groups is 2. The Hall–Kier alpha value is -2.12. The van der Waals surface area contributed by atoms with Crippen LogP contribution in [0.4, 0.5) is 0 Å². The first-order valence-corrected chi connectivity index (χ1v) is 36.8. The number of ether oxygens (including phenoxy) is 3. The van der Waals surface area contributed by atoms with Gasteiger partial charge in [0.25, 0.3) is 0 Å². The van der Waals surface area contributed by atoms with Crippen LogP contribution in [0.3, 0.4) is 0 Å². The monoisotopic (exact) mass is 1200 g/mol. The highest BCUT2D eigenvalue weighted by Crippen LogP contribution is 2.23. The summed E-state index contributed by atoms with van der Waals surface area (Å²) in [6.45, 7) is 4.36. The Bertz CT molecular complexity index is 1510. The van der Waals surface area contributed by atoms with E-state index < -0.39 is 49.5 Å². The summed E-state index contributed by atoms with van der Waals surface area (Å²) in [4.78, 5) is 25.1. The highest BCUT2D eigenvalue weighted by Gasteiger charge is 2.44. The maximum absolute atomic E-state index is 13.1. The molecule has 11 nitrogen and oxygen atoms in total. The van der Waals surface area contributed by atoms with Crippen molar-refractivity contribution in [3.05, 3.63) is 36.5 Å². The number of hydrogen-bond donors (Lipinski definition) is 6. The van der Waals surface area contributed by atoms with Gasteiger partial charge >= 0.3 is 5.97 Å². The molecule has 0 aromatic rings. The number of rotatable bonds is 65. The molecule has 1 aliphatic heterocycles. The minimum Gasteiger partial charge on any atom is -0.466 e. The van der Waals surface area contributed by atoms with Gasteiger partial charge in [0.2, 0.25) is 5.91 Å². The van der Waals surface area contributed by atoms with Gasteiger partial charge in [-0.05, 0) is 70.6 Å². The Morgan fingerprint density at radius 3 is 1.16 bits per heavy atom. The molecule has 0 spiro atoms. The van der Waals surface area contributed by atoms with Crippen molar-refractivity contribution in [3.8, 4) is 0 Å². The first kappa shape index (κ1) is 80.9. The van der Waals surface area contributed by atoms with Gasteiger partial charge in [-0.25, -0.2) is 0 Å². The van der Waals surface area contributed by atoms with Gasteiger partial charge in [0.1, 0.15) is 24.4 Å². The van der Waals surface area contributed by atoms with Crippen molar-refractivity contribution in [2.24, 2.45) is 0 Å². The van der Waals surface area contributed by atoms with Crippen LogP contribution in [-0.2, 0) is 23.8 Å². The standard InChI is InChI=1S/C74H139NO10/c1-3-5-7-9-11-13-15-16-37-41-44-48-52-56-60-67(77)66(65-84-74-73(82)72(81)71(80)68(64-76)85-74)75-69(78)61-57-53-49-45-42-38-35-33-31-29-27-25-23-21-19-17-18-20-22-24-26-28-30-32-34-36-39-43-47-51-55-59-63-83-70(79)62-58-54-50-46-40-14-12-10-8-6-4-2/h20,22,41,44,56,60,66-68,71-74,76-77,80-82H,3-19,21,23-40,42-43,45-55,57-59,61-65H2,1-2H3,(H,75,78)/b22-20-,44-41+,60-56+. The van der Waals surface area contributed by atoms with Crippen molar-refractivity contribution < 1.29 is 49.3 Å². The Morgan fingerprint density at radius 1 is 0.424 bits per heavy atom. The minimum atomic E-state index is -1.58. The van der Waals surface area contributed by atoms with Crippen LogP contribution in [-0.4, -0.2) is 100 Å². The Kier molecular flexibility index (Phi) is 60.4. The minimum absolute atomic E-state index is 0.0105. The summed E-state index contributed by atoms with van der Waals surface area (Å²) in [5.41, 5.74) is 0. The van der Waals surface area contributed by atoms with Crippen LogP contribution in [0.5, 0.6) is 0 Å². The van der Waals surface area contributed by atoms with E-state index >= 15 is 0 Å². The molecule has 1 amide bonds. The van der Waals surface area contributed by atoms with Gasteiger partial charge in [0, 0.05) is 12.8 Å². The zero-order chi connectivity index (χ0) is 61.6. The maximum atomic E-state index is 13.1. The lowest BCUT2D eigenvalue weighted by molar-refractivity contribution is -0.302. The fraction of sp³-hybridized carbons (Fsp3) is 0.892. The van der Waals surface area contributed by atoms with Crippen LogP contribution in [0.15, 0.2) is 36.5 Å². The van der Waals surface area contributed by atoms with Gasteiger partial charge in [-0.3, -0.25) is 9.59 Å². The van der Waals surface area contributed by atoms with Gasteiger partial charge in [-0.2, -0.15) is 0 Å². The summed E-state index contributed by atoms with van der Waals surface area (Å²) in [7, 11) is 0. The molecule has 1 aliphatic rings. The average Bonchev–Trinajstić information content (AvgIpc) is 3.51. The second-order valence-electron chi connectivity index (χ2n) is 25.6. The van der Waals surface area contributed by atoms with Crippen molar-refractivity contribution in [2.45, 2.75) is 403 Å². The molecule has 1 heterocycles. The molecule has 1 fully saturated rings. The predicted molar refractivity (Wildman–Crippen MR) is 357 cm³/mol.